The zero-order chi connectivity index (χ0) is 15.4. The molecule has 0 saturated heterocycles. The molecule has 0 aromatic carbocycles. The van der Waals surface area contributed by atoms with E-state index in [0.717, 1.165) is 24.8 Å². The number of unbranched alkanes of at least 4 members (excludes halogenated alkanes) is 3. The summed E-state index contributed by atoms with van der Waals surface area (Å²) in [6.45, 7) is 19.2. The van der Waals surface area contributed by atoms with Gasteiger partial charge in [-0.2, -0.15) is 0 Å². The summed E-state index contributed by atoms with van der Waals surface area (Å²) in [5.41, 5.74) is 4.05. The van der Waals surface area contributed by atoms with Gasteiger partial charge in [0.05, 0.1) is 6.20 Å². The van der Waals surface area contributed by atoms with Gasteiger partial charge in [-0.05, 0) is 18.6 Å². The molecule has 0 bridgehead atoms. The monoisotopic (exact) mass is 383 g/mol. The van der Waals surface area contributed by atoms with Crippen LogP contribution < -0.4 is 5.32 Å². The van der Waals surface area contributed by atoms with Crippen LogP contribution in [0.4, 0.5) is 0 Å². The Hall–Kier alpha value is -0.141. The Bertz CT molecular complexity index is 210. The summed E-state index contributed by atoms with van der Waals surface area (Å²) >= 11 is 0. The van der Waals surface area contributed by atoms with E-state index < -0.39 is 0 Å². The minimum Gasteiger partial charge on any atom is -0.256 e. The van der Waals surface area contributed by atoms with Gasteiger partial charge in [0.25, 0.3) is 0 Å². The molecule has 0 aliphatic carbocycles. The number of hydrogen-bond acceptors (Lipinski definition) is 0. The molecule has 1 aliphatic rings. The Morgan fingerprint density at radius 3 is 1.40 bits per heavy atom. The average molecular weight is 382 g/mol. The van der Waals surface area contributed by atoms with E-state index in [1.54, 1.807) is 12.4 Å². The van der Waals surface area contributed by atoms with Crippen molar-refractivity contribution in [2.75, 3.05) is 0 Å². The van der Waals surface area contributed by atoms with E-state index >= 15 is 0 Å². The van der Waals surface area contributed by atoms with Gasteiger partial charge in [0.1, 0.15) is 0 Å². The topological polar surface area (TPSA) is 14.1 Å². The maximum atomic E-state index is 3.79. The van der Waals surface area contributed by atoms with Crippen molar-refractivity contribution in [3.05, 3.63) is 50.6 Å². The fourth-order valence-corrected chi connectivity index (χ4v) is 0.385. The van der Waals surface area contributed by atoms with Gasteiger partial charge in [0.2, 0.25) is 0 Å². The Morgan fingerprint density at radius 2 is 1.30 bits per heavy atom. The Labute approximate surface area is 146 Å². The fraction of sp³-hybridized carbons (Fsp3) is 0.556. The molecule has 0 fully saturated rings. The molecule has 0 N–H and O–H groups in total. The largest absolute Gasteiger partial charge is 0.256 e. The summed E-state index contributed by atoms with van der Waals surface area (Å²) in [5, 5.41) is 3.79. The van der Waals surface area contributed by atoms with Crippen molar-refractivity contribution in [2.24, 2.45) is 0 Å². The average Bonchev–Trinajstić information content (AvgIpc) is 2.48. The molecule has 0 aromatic heterocycles. The number of hydrogen-bond donors (Lipinski definition) is 0. The third kappa shape index (κ3) is 43.0. The molecule has 0 unspecified atom stereocenters. The molecule has 0 spiro atoms. The summed E-state index contributed by atoms with van der Waals surface area (Å²) in [5.74, 6) is 0. The number of allylic oxidation sites excluding steroid dienone is 2. The normalized spacial score (nSPS) is 10.1. The summed E-state index contributed by atoms with van der Waals surface area (Å²) in [6.07, 6.45) is 12.2. The predicted octanol–water partition coefficient (Wildman–Crippen LogP) is 5.66. The molecule has 2 heteroatoms. The van der Waals surface area contributed by atoms with Gasteiger partial charge < -0.3 is 0 Å². The molecule has 1 heterocycles. The third-order valence-electron chi connectivity index (χ3n) is 1.84. The summed E-state index contributed by atoms with van der Waals surface area (Å²) < 4.78 is 0. The first-order valence-electron chi connectivity index (χ1n) is 7.30. The Morgan fingerprint density at radius 1 is 0.950 bits per heavy atom. The van der Waals surface area contributed by atoms with E-state index in [-0.39, 0.29) is 23.9 Å². The molecular weight excluding hydrogens is 349 g/mol. The SMILES string of the molecule is CC1=C=C[N]C=C1.[CH2]CCC.[CH2]CCC.[CH2]CCC.[Sn]. The number of nitrogens with zero attached hydrogens (tertiary/aromatic N) is 1. The van der Waals surface area contributed by atoms with Crippen LogP contribution in [0.5, 0.6) is 0 Å². The van der Waals surface area contributed by atoms with Gasteiger partial charge in [0.15, 0.2) is 0 Å². The molecule has 0 aromatic rings. The van der Waals surface area contributed by atoms with Crippen molar-refractivity contribution < 1.29 is 0 Å². The third-order valence-corrected chi connectivity index (χ3v) is 1.84. The predicted molar refractivity (Wildman–Crippen MR) is 95.1 cm³/mol. The van der Waals surface area contributed by atoms with Gasteiger partial charge in [-0.3, -0.25) is 5.32 Å². The van der Waals surface area contributed by atoms with Crippen molar-refractivity contribution in [3.8, 4) is 0 Å². The van der Waals surface area contributed by atoms with Crippen molar-refractivity contribution >= 4 is 23.9 Å². The molecule has 0 amide bonds. The van der Waals surface area contributed by atoms with E-state index in [1.807, 2.05) is 13.0 Å². The van der Waals surface area contributed by atoms with Crippen LogP contribution >= 0.6 is 0 Å². The molecule has 20 heavy (non-hydrogen) atoms. The molecule has 114 valence electrons. The zero-order valence-corrected chi connectivity index (χ0v) is 16.9. The first-order chi connectivity index (χ1) is 9.14. The van der Waals surface area contributed by atoms with Crippen molar-refractivity contribution in [1.82, 2.24) is 5.32 Å². The Balaban J connectivity index is -0.0000000881. The van der Waals surface area contributed by atoms with E-state index in [0.29, 0.717) is 0 Å². The van der Waals surface area contributed by atoms with E-state index in [9.17, 15) is 0 Å². The van der Waals surface area contributed by atoms with Crippen LogP contribution in [-0.2, 0) is 0 Å². The first kappa shape index (κ1) is 28.1. The van der Waals surface area contributed by atoms with Crippen LogP contribution in [0.25, 0.3) is 0 Å². The molecule has 1 rings (SSSR count). The van der Waals surface area contributed by atoms with E-state index in [2.05, 4.69) is 52.6 Å². The van der Waals surface area contributed by atoms with Crippen molar-refractivity contribution in [1.29, 1.82) is 0 Å². The molecule has 1 nitrogen and oxygen atoms in total. The second-order valence-corrected chi connectivity index (χ2v) is 3.98. The van der Waals surface area contributed by atoms with Crippen LogP contribution in [0.1, 0.15) is 66.2 Å². The van der Waals surface area contributed by atoms with Crippen LogP contribution in [0.2, 0.25) is 0 Å². The van der Waals surface area contributed by atoms with Gasteiger partial charge in [-0.15, -0.1) is 0 Å². The first-order valence-corrected chi connectivity index (χ1v) is 7.30. The molecule has 8 radical (unpaired) electrons. The molecule has 0 saturated carbocycles. The van der Waals surface area contributed by atoms with Gasteiger partial charge in [-0.25, -0.2) is 0 Å². The van der Waals surface area contributed by atoms with Crippen LogP contribution in [0.15, 0.2) is 29.8 Å². The van der Waals surface area contributed by atoms with Gasteiger partial charge in [-0.1, -0.05) is 85.8 Å². The number of rotatable bonds is 3. The van der Waals surface area contributed by atoms with Gasteiger partial charge in [0, 0.05) is 30.1 Å². The second-order valence-electron chi connectivity index (χ2n) is 3.98. The van der Waals surface area contributed by atoms with Crippen molar-refractivity contribution in [3.63, 3.8) is 0 Å². The van der Waals surface area contributed by atoms with Crippen LogP contribution in [0.3, 0.4) is 0 Å². The maximum absolute atomic E-state index is 3.79. The van der Waals surface area contributed by atoms with E-state index in [4.69, 9.17) is 0 Å². The smallest absolute Gasteiger partial charge is 0.0689 e. The quantitative estimate of drug-likeness (QED) is 0.442. The van der Waals surface area contributed by atoms with Gasteiger partial charge >= 0.3 is 0 Å². The van der Waals surface area contributed by atoms with Crippen LogP contribution in [-0.4, -0.2) is 23.9 Å². The molecule has 0 atom stereocenters. The summed E-state index contributed by atoms with van der Waals surface area (Å²) in [6, 6.07) is 0. The van der Waals surface area contributed by atoms with Crippen molar-refractivity contribution in [2.45, 2.75) is 66.2 Å². The van der Waals surface area contributed by atoms with Crippen LogP contribution in [0, 0.1) is 20.8 Å². The molecule has 1 aliphatic heterocycles. The van der Waals surface area contributed by atoms with E-state index in [1.165, 1.54) is 19.3 Å². The fourth-order valence-electron chi connectivity index (χ4n) is 0.385. The summed E-state index contributed by atoms with van der Waals surface area (Å²) in [7, 11) is 0. The second kappa shape index (κ2) is 31.3. The summed E-state index contributed by atoms with van der Waals surface area (Å²) in [4.78, 5) is 0. The minimum absolute atomic E-state index is 0. The standard InChI is InChI=1S/C6H6N.3C4H9.Sn/c1-6-2-4-7-5-3-6;3*1-3-4-2;/h2,4-5H,1H3;3*1,3-4H2,2H3;. The zero-order valence-electron chi connectivity index (χ0n) is 14.0. The minimum atomic E-state index is 0. The molecular formula is C18H33NSn. The Kier molecular flexibility index (Phi) is 44.0. The maximum Gasteiger partial charge on any atom is 0.0689 e.